The van der Waals surface area contributed by atoms with Crippen LogP contribution in [0.3, 0.4) is 0 Å². The smallest absolute Gasteiger partial charge is 0.0831 e. The van der Waals surface area contributed by atoms with Crippen molar-refractivity contribution >= 4 is 0 Å². The molecule has 1 N–H and O–H groups in total. The number of rotatable bonds is 6. The van der Waals surface area contributed by atoms with Gasteiger partial charge in [-0.2, -0.15) is 0 Å². The predicted molar refractivity (Wildman–Crippen MR) is 98.0 cm³/mol. The Hall–Kier alpha value is -1.64. The van der Waals surface area contributed by atoms with Gasteiger partial charge in [0.2, 0.25) is 0 Å². The molecular formula is C22H27NO. The summed E-state index contributed by atoms with van der Waals surface area (Å²) in [6.07, 6.45) is 7.72. The normalized spacial score (nSPS) is 27.1. The third-order valence-corrected chi connectivity index (χ3v) is 5.50. The highest BCUT2D eigenvalue weighted by molar-refractivity contribution is 5.19. The van der Waals surface area contributed by atoms with E-state index in [-0.39, 0.29) is 6.10 Å². The van der Waals surface area contributed by atoms with Crippen LogP contribution in [0.25, 0.3) is 0 Å². The summed E-state index contributed by atoms with van der Waals surface area (Å²) in [6.45, 7) is 0. The van der Waals surface area contributed by atoms with Gasteiger partial charge in [0, 0.05) is 12.1 Å². The van der Waals surface area contributed by atoms with Crippen LogP contribution in [-0.2, 0) is 11.2 Å². The Morgan fingerprint density at radius 3 is 2.17 bits per heavy atom. The molecule has 0 radical (unpaired) electrons. The third kappa shape index (κ3) is 3.88. The molecule has 0 spiro atoms. The molecule has 2 aromatic carbocycles. The van der Waals surface area contributed by atoms with Crippen molar-refractivity contribution in [2.24, 2.45) is 0 Å². The van der Waals surface area contributed by atoms with Crippen LogP contribution in [0.15, 0.2) is 60.7 Å². The Morgan fingerprint density at radius 1 is 0.875 bits per heavy atom. The zero-order valence-electron chi connectivity index (χ0n) is 14.2. The van der Waals surface area contributed by atoms with Crippen LogP contribution in [0.1, 0.15) is 49.3 Å². The molecule has 2 heteroatoms. The first-order valence-electron chi connectivity index (χ1n) is 9.37. The van der Waals surface area contributed by atoms with Gasteiger partial charge in [0.05, 0.1) is 12.2 Å². The molecule has 0 amide bonds. The third-order valence-electron chi connectivity index (χ3n) is 5.50. The molecule has 2 heterocycles. The molecule has 4 atom stereocenters. The molecule has 2 saturated heterocycles. The zero-order chi connectivity index (χ0) is 16.2. The first-order chi connectivity index (χ1) is 11.9. The van der Waals surface area contributed by atoms with Crippen molar-refractivity contribution in [2.75, 3.05) is 0 Å². The van der Waals surface area contributed by atoms with Crippen LogP contribution >= 0.6 is 0 Å². The van der Waals surface area contributed by atoms with Crippen LogP contribution in [0.2, 0.25) is 0 Å². The van der Waals surface area contributed by atoms with Gasteiger partial charge >= 0.3 is 0 Å². The summed E-state index contributed by atoms with van der Waals surface area (Å²) < 4.78 is 6.64. The van der Waals surface area contributed by atoms with E-state index in [0.717, 1.165) is 12.8 Å². The fourth-order valence-corrected chi connectivity index (χ4v) is 4.27. The molecule has 4 rings (SSSR count). The second-order valence-corrected chi connectivity index (χ2v) is 7.29. The lowest BCUT2D eigenvalue weighted by Gasteiger charge is -2.32. The van der Waals surface area contributed by atoms with Gasteiger partial charge in [0.15, 0.2) is 0 Å². The standard InChI is InChI=1S/C22H27NO/c1-3-7-17(8-4-1)11-14-22(18-9-5-2-6-10-18)24-21-15-19-12-13-20(16-21)23-19/h1-10,19-23H,11-16H2/t19-,20+,21?,22?. The van der Waals surface area contributed by atoms with E-state index in [0.29, 0.717) is 18.2 Å². The maximum atomic E-state index is 6.64. The summed E-state index contributed by atoms with van der Waals surface area (Å²) in [5.41, 5.74) is 2.71. The van der Waals surface area contributed by atoms with E-state index in [1.807, 2.05) is 0 Å². The van der Waals surface area contributed by atoms with Crippen LogP contribution in [0.4, 0.5) is 0 Å². The highest BCUT2D eigenvalue weighted by Crippen LogP contribution is 2.33. The van der Waals surface area contributed by atoms with E-state index in [4.69, 9.17) is 4.74 Å². The van der Waals surface area contributed by atoms with E-state index >= 15 is 0 Å². The van der Waals surface area contributed by atoms with Gasteiger partial charge in [0.25, 0.3) is 0 Å². The Labute approximate surface area is 145 Å². The predicted octanol–water partition coefficient (Wildman–Crippen LogP) is 4.66. The van der Waals surface area contributed by atoms with Gasteiger partial charge < -0.3 is 10.1 Å². The van der Waals surface area contributed by atoms with Crippen molar-refractivity contribution < 1.29 is 4.74 Å². The monoisotopic (exact) mass is 321 g/mol. The molecule has 0 saturated carbocycles. The number of aryl methyl sites for hydroxylation is 1. The Kier molecular flexibility index (Phi) is 4.96. The van der Waals surface area contributed by atoms with Crippen LogP contribution < -0.4 is 5.32 Å². The topological polar surface area (TPSA) is 21.3 Å². The lowest BCUT2D eigenvalue weighted by molar-refractivity contribution is -0.0403. The number of piperidine rings is 1. The molecule has 24 heavy (non-hydrogen) atoms. The molecule has 2 bridgehead atoms. The minimum atomic E-state index is 0.203. The number of ether oxygens (including phenoxy) is 1. The van der Waals surface area contributed by atoms with Gasteiger partial charge in [-0.15, -0.1) is 0 Å². The van der Waals surface area contributed by atoms with Crippen molar-refractivity contribution in [1.29, 1.82) is 0 Å². The molecular weight excluding hydrogens is 294 g/mol. The summed E-state index contributed by atoms with van der Waals surface area (Å²) >= 11 is 0. The summed E-state index contributed by atoms with van der Waals surface area (Å²) in [6, 6.07) is 22.9. The number of benzene rings is 2. The summed E-state index contributed by atoms with van der Waals surface area (Å²) in [5, 5.41) is 3.71. The summed E-state index contributed by atoms with van der Waals surface area (Å²) in [7, 11) is 0. The summed E-state index contributed by atoms with van der Waals surface area (Å²) in [5.74, 6) is 0. The van der Waals surface area contributed by atoms with E-state index in [2.05, 4.69) is 66.0 Å². The molecule has 2 fully saturated rings. The largest absolute Gasteiger partial charge is 0.370 e. The second kappa shape index (κ2) is 7.50. The van der Waals surface area contributed by atoms with Gasteiger partial charge in [-0.05, 0) is 49.7 Å². The Bertz CT molecular complexity index is 615. The minimum Gasteiger partial charge on any atom is -0.370 e. The van der Waals surface area contributed by atoms with Crippen LogP contribution in [-0.4, -0.2) is 18.2 Å². The van der Waals surface area contributed by atoms with E-state index < -0.39 is 0 Å². The van der Waals surface area contributed by atoms with Crippen molar-refractivity contribution in [3.63, 3.8) is 0 Å². The minimum absolute atomic E-state index is 0.203. The van der Waals surface area contributed by atoms with Crippen LogP contribution in [0.5, 0.6) is 0 Å². The second-order valence-electron chi connectivity index (χ2n) is 7.29. The highest BCUT2D eigenvalue weighted by Gasteiger charge is 2.35. The van der Waals surface area contributed by atoms with E-state index in [9.17, 15) is 0 Å². The fourth-order valence-electron chi connectivity index (χ4n) is 4.27. The average Bonchev–Trinajstić information content (AvgIpc) is 2.98. The number of hydrogen-bond acceptors (Lipinski definition) is 2. The van der Waals surface area contributed by atoms with Crippen molar-refractivity contribution in [3.05, 3.63) is 71.8 Å². The van der Waals surface area contributed by atoms with Gasteiger partial charge in [-0.25, -0.2) is 0 Å². The zero-order valence-corrected chi connectivity index (χ0v) is 14.2. The molecule has 2 aromatic rings. The molecule has 2 aliphatic rings. The number of nitrogens with one attached hydrogen (secondary N) is 1. The average molecular weight is 321 g/mol. The first-order valence-corrected chi connectivity index (χ1v) is 9.37. The Balaban J connectivity index is 1.44. The van der Waals surface area contributed by atoms with Gasteiger partial charge in [-0.1, -0.05) is 60.7 Å². The van der Waals surface area contributed by atoms with Crippen molar-refractivity contribution in [2.45, 2.75) is 62.8 Å². The molecule has 126 valence electrons. The van der Waals surface area contributed by atoms with Crippen molar-refractivity contribution in [1.82, 2.24) is 5.32 Å². The van der Waals surface area contributed by atoms with Gasteiger partial charge in [-0.3, -0.25) is 0 Å². The van der Waals surface area contributed by atoms with Gasteiger partial charge in [0.1, 0.15) is 0 Å². The van der Waals surface area contributed by atoms with E-state index in [1.165, 1.54) is 36.8 Å². The van der Waals surface area contributed by atoms with Crippen LogP contribution in [0, 0.1) is 0 Å². The molecule has 2 aliphatic heterocycles. The number of fused-ring (bicyclic) bond motifs is 2. The summed E-state index contributed by atoms with van der Waals surface area (Å²) in [4.78, 5) is 0. The van der Waals surface area contributed by atoms with Crippen molar-refractivity contribution in [3.8, 4) is 0 Å². The number of hydrogen-bond donors (Lipinski definition) is 1. The maximum Gasteiger partial charge on any atom is 0.0831 e. The molecule has 0 aromatic heterocycles. The maximum absolute atomic E-state index is 6.64. The highest BCUT2D eigenvalue weighted by atomic mass is 16.5. The lowest BCUT2D eigenvalue weighted by atomic mass is 9.98. The lowest BCUT2D eigenvalue weighted by Crippen LogP contribution is -2.41. The molecule has 0 aliphatic carbocycles. The van der Waals surface area contributed by atoms with E-state index in [1.54, 1.807) is 0 Å². The quantitative estimate of drug-likeness (QED) is 0.835. The molecule has 2 nitrogen and oxygen atoms in total. The fraction of sp³-hybridized carbons (Fsp3) is 0.455. The Morgan fingerprint density at radius 2 is 1.50 bits per heavy atom. The molecule has 2 unspecified atom stereocenters. The first kappa shape index (κ1) is 15.9. The SMILES string of the molecule is c1ccc(CCC(OC2C[C@H]3CC[C@@H](C2)N3)c2ccccc2)cc1.